The van der Waals surface area contributed by atoms with Crippen molar-refractivity contribution >= 4 is 17.6 Å². The molecule has 3 aliphatic rings. The third-order valence-corrected chi connectivity index (χ3v) is 6.61. The highest BCUT2D eigenvalue weighted by Crippen LogP contribution is 2.48. The van der Waals surface area contributed by atoms with E-state index in [1.807, 2.05) is 7.05 Å². The number of hydrogen-bond acceptors (Lipinski definition) is 4. The van der Waals surface area contributed by atoms with Crippen LogP contribution in [0.2, 0.25) is 0 Å². The summed E-state index contributed by atoms with van der Waals surface area (Å²) in [6.45, 7) is 2.22. The van der Waals surface area contributed by atoms with Crippen molar-refractivity contribution in [3.8, 4) is 0 Å². The van der Waals surface area contributed by atoms with Crippen LogP contribution in [-0.2, 0) is 14.4 Å². The van der Waals surface area contributed by atoms with Gasteiger partial charge < -0.3 is 15.5 Å². The van der Waals surface area contributed by atoms with Crippen LogP contribution < -0.4 is 10.6 Å². The van der Waals surface area contributed by atoms with E-state index in [-0.39, 0.29) is 29.6 Å². The average Bonchev–Trinajstić information content (AvgIpc) is 3.09. The van der Waals surface area contributed by atoms with Crippen LogP contribution in [0.1, 0.15) is 71.1 Å². The molecule has 3 rings (SSSR count). The van der Waals surface area contributed by atoms with Crippen LogP contribution in [0.5, 0.6) is 0 Å². The van der Waals surface area contributed by atoms with E-state index in [0.717, 1.165) is 51.4 Å². The van der Waals surface area contributed by atoms with Crippen LogP contribution in [-0.4, -0.2) is 53.7 Å². The number of nitrogens with one attached hydrogen (secondary N) is 2. The zero-order valence-electron chi connectivity index (χ0n) is 16.2. The molecular weight excluding hydrogens is 330 g/mol. The first-order valence-electron chi connectivity index (χ1n) is 10.3. The lowest BCUT2D eigenvalue weighted by atomic mass is 10.0. The molecule has 0 radical (unpaired) electrons. The predicted molar refractivity (Wildman–Crippen MR) is 99.6 cm³/mol. The number of hydrogen-bond donors (Lipinski definition) is 2. The number of nitrogens with zero attached hydrogens (tertiary/aromatic N) is 1. The standard InChI is InChI=1S/C20H33N3O3/c1-14(24)20-13-15(20)9-6-4-3-5-7-10-16(21-2)19(26)23-12-8-11-17(23)18(25)22-20/h15-17,21H,3-13H2,1-2H3,(H,22,25)/t15?,16-,17-,20-/m0/s1. The Bertz CT molecular complexity index is 565. The van der Waals surface area contributed by atoms with Crippen molar-refractivity contribution in [2.45, 2.75) is 88.8 Å². The maximum absolute atomic E-state index is 13.0. The van der Waals surface area contributed by atoms with Gasteiger partial charge in [0.15, 0.2) is 5.78 Å². The van der Waals surface area contributed by atoms with Gasteiger partial charge in [0, 0.05) is 6.54 Å². The highest BCUT2D eigenvalue weighted by Gasteiger charge is 2.59. The van der Waals surface area contributed by atoms with E-state index < -0.39 is 11.6 Å². The maximum Gasteiger partial charge on any atom is 0.243 e. The molecule has 26 heavy (non-hydrogen) atoms. The largest absolute Gasteiger partial charge is 0.342 e. The Kier molecular flexibility index (Phi) is 6.00. The first-order valence-corrected chi connectivity index (χ1v) is 10.3. The molecule has 0 aromatic rings. The quantitative estimate of drug-likeness (QED) is 0.784. The van der Waals surface area contributed by atoms with Gasteiger partial charge in [0.1, 0.15) is 11.6 Å². The molecule has 1 aliphatic carbocycles. The number of ketones is 1. The molecule has 6 heteroatoms. The lowest BCUT2D eigenvalue weighted by Gasteiger charge is -2.29. The zero-order valence-corrected chi connectivity index (χ0v) is 16.2. The van der Waals surface area contributed by atoms with Crippen LogP contribution in [0.15, 0.2) is 0 Å². The summed E-state index contributed by atoms with van der Waals surface area (Å²) in [7, 11) is 1.82. The fraction of sp³-hybridized carbons (Fsp3) is 0.850. The number of carbonyl (C=O) groups is 3. The van der Waals surface area contributed by atoms with E-state index in [4.69, 9.17) is 0 Å². The summed E-state index contributed by atoms with van der Waals surface area (Å²) < 4.78 is 0. The Labute approximate surface area is 156 Å². The second-order valence-electron chi connectivity index (χ2n) is 8.29. The number of fused-ring (bicyclic) bond motifs is 2. The minimum Gasteiger partial charge on any atom is -0.342 e. The number of rotatable bonds is 2. The Morgan fingerprint density at radius 2 is 1.77 bits per heavy atom. The van der Waals surface area contributed by atoms with Crippen molar-refractivity contribution in [3.63, 3.8) is 0 Å². The Morgan fingerprint density at radius 1 is 1.08 bits per heavy atom. The third kappa shape index (κ3) is 3.80. The summed E-state index contributed by atoms with van der Waals surface area (Å²) in [5, 5.41) is 6.20. The molecule has 0 aromatic heterocycles. The molecule has 1 saturated carbocycles. The molecule has 0 spiro atoms. The van der Waals surface area contributed by atoms with Gasteiger partial charge in [-0.3, -0.25) is 14.4 Å². The molecule has 1 unspecified atom stereocenters. The molecule has 2 amide bonds. The van der Waals surface area contributed by atoms with Gasteiger partial charge in [0.2, 0.25) is 11.8 Å². The van der Waals surface area contributed by atoms with Gasteiger partial charge in [0.05, 0.1) is 6.04 Å². The number of Topliss-reactive ketones (excluding diaryl/α,β-unsaturated/α-hetero) is 1. The zero-order chi connectivity index (χ0) is 18.7. The monoisotopic (exact) mass is 363 g/mol. The molecule has 3 fully saturated rings. The summed E-state index contributed by atoms with van der Waals surface area (Å²) >= 11 is 0. The van der Waals surface area contributed by atoms with Crippen LogP contribution in [0.4, 0.5) is 0 Å². The average molecular weight is 364 g/mol. The smallest absolute Gasteiger partial charge is 0.243 e. The molecule has 2 aliphatic heterocycles. The molecule has 2 heterocycles. The molecule has 4 atom stereocenters. The lowest BCUT2D eigenvalue weighted by molar-refractivity contribution is -0.141. The molecule has 146 valence electrons. The second kappa shape index (κ2) is 8.07. The van der Waals surface area contributed by atoms with Crippen molar-refractivity contribution in [1.82, 2.24) is 15.5 Å². The normalized spacial score (nSPS) is 36.4. The minimum absolute atomic E-state index is 0.0317. The number of likely N-dealkylation sites (N-methyl/N-ethyl adjacent to an activating group) is 1. The molecule has 6 nitrogen and oxygen atoms in total. The van der Waals surface area contributed by atoms with Gasteiger partial charge in [-0.15, -0.1) is 0 Å². The van der Waals surface area contributed by atoms with E-state index in [0.29, 0.717) is 13.0 Å². The SMILES string of the molecule is CN[C@H]1CCCCCCCC2C[C@@]2(C(C)=O)NC(=O)[C@@H]2CCCN2C1=O. The van der Waals surface area contributed by atoms with Crippen LogP contribution in [0, 0.1) is 5.92 Å². The lowest BCUT2D eigenvalue weighted by Crippen LogP contribution is -2.55. The van der Waals surface area contributed by atoms with Gasteiger partial charge in [-0.25, -0.2) is 0 Å². The fourth-order valence-electron chi connectivity index (χ4n) is 4.82. The highest BCUT2D eigenvalue weighted by atomic mass is 16.2. The van der Waals surface area contributed by atoms with Crippen molar-refractivity contribution in [2.75, 3.05) is 13.6 Å². The van der Waals surface area contributed by atoms with Crippen molar-refractivity contribution in [1.29, 1.82) is 0 Å². The fourth-order valence-corrected chi connectivity index (χ4v) is 4.82. The van der Waals surface area contributed by atoms with Crippen LogP contribution >= 0.6 is 0 Å². The third-order valence-electron chi connectivity index (χ3n) is 6.61. The topological polar surface area (TPSA) is 78.5 Å². The van der Waals surface area contributed by atoms with E-state index in [1.165, 1.54) is 6.42 Å². The van der Waals surface area contributed by atoms with E-state index in [9.17, 15) is 14.4 Å². The first-order chi connectivity index (χ1) is 12.5. The molecular formula is C20H33N3O3. The van der Waals surface area contributed by atoms with Crippen molar-refractivity contribution in [3.05, 3.63) is 0 Å². The Balaban J connectivity index is 1.78. The van der Waals surface area contributed by atoms with Crippen LogP contribution in [0.3, 0.4) is 0 Å². The molecule has 0 aromatic carbocycles. The van der Waals surface area contributed by atoms with Crippen molar-refractivity contribution in [2.24, 2.45) is 5.92 Å². The van der Waals surface area contributed by atoms with Gasteiger partial charge in [-0.1, -0.05) is 32.1 Å². The molecule has 2 N–H and O–H groups in total. The van der Waals surface area contributed by atoms with Gasteiger partial charge in [0.25, 0.3) is 0 Å². The first kappa shape index (κ1) is 19.3. The van der Waals surface area contributed by atoms with E-state index in [1.54, 1.807) is 11.8 Å². The summed E-state index contributed by atoms with van der Waals surface area (Å²) in [4.78, 5) is 39.9. The van der Waals surface area contributed by atoms with E-state index in [2.05, 4.69) is 10.6 Å². The maximum atomic E-state index is 13.0. The predicted octanol–water partition coefficient (Wildman–Crippen LogP) is 1.77. The Morgan fingerprint density at radius 3 is 2.46 bits per heavy atom. The van der Waals surface area contributed by atoms with E-state index >= 15 is 0 Å². The number of carbonyl (C=O) groups excluding carboxylic acids is 3. The Hall–Kier alpha value is -1.43. The summed E-state index contributed by atoms with van der Waals surface area (Å²) in [5.41, 5.74) is -0.670. The highest BCUT2D eigenvalue weighted by molar-refractivity contribution is 5.97. The van der Waals surface area contributed by atoms with Crippen molar-refractivity contribution < 1.29 is 14.4 Å². The van der Waals surface area contributed by atoms with Gasteiger partial charge >= 0.3 is 0 Å². The summed E-state index contributed by atoms with van der Waals surface area (Å²) in [6.07, 6.45) is 9.72. The summed E-state index contributed by atoms with van der Waals surface area (Å²) in [5.74, 6) is 0.219. The minimum atomic E-state index is -0.670. The molecule has 2 saturated heterocycles. The van der Waals surface area contributed by atoms with Crippen LogP contribution in [0.25, 0.3) is 0 Å². The second-order valence-corrected chi connectivity index (χ2v) is 8.29. The summed E-state index contributed by atoms with van der Waals surface area (Å²) in [6, 6.07) is -0.648. The molecule has 0 bridgehead atoms. The van der Waals surface area contributed by atoms with Gasteiger partial charge in [-0.2, -0.15) is 0 Å². The number of amides is 2. The van der Waals surface area contributed by atoms with Gasteiger partial charge in [-0.05, 0) is 52.0 Å².